The van der Waals surface area contributed by atoms with E-state index in [0.29, 0.717) is 25.5 Å². The van der Waals surface area contributed by atoms with Crippen molar-refractivity contribution >= 4 is 15.7 Å². The maximum Gasteiger partial charge on any atom is 0.224 e. The number of ether oxygens (including phenoxy) is 1. The highest BCUT2D eigenvalue weighted by Gasteiger charge is 2.32. The first-order valence-corrected chi connectivity index (χ1v) is 8.39. The molecule has 0 aromatic carbocycles. The highest BCUT2D eigenvalue weighted by Crippen LogP contribution is 2.19. The summed E-state index contributed by atoms with van der Waals surface area (Å²) in [7, 11) is -3.04. The van der Waals surface area contributed by atoms with Crippen molar-refractivity contribution in [2.45, 2.75) is 19.9 Å². The fourth-order valence-corrected chi connectivity index (χ4v) is 3.90. The Morgan fingerprint density at radius 2 is 2.35 bits per heavy atom. The van der Waals surface area contributed by atoms with Crippen molar-refractivity contribution in [1.29, 1.82) is 0 Å². The van der Waals surface area contributed by atoms with Crippen LogP contribution in [0.2, 0.25) is 0 Å². The Bertz CT molecular complexity index is 586. The number of pyridine rings is 1. The molecule has 2 heterocycles. The second-order valence-electron chi connectivity index (χ2n) is 4.72. The summed E-state index contributed by atoms with van der Waals surface area (Å²) in [4.78, 5) is 16.0. The van der Waals surface area contributed by atoms with E-state index in [1.807, 2.05) is 13.0 Å². The van der Waals surface area contributed by atoms with Crippen LogP contribution in [0, 0.1) is 5.92 Å². The highest BCUT2D eigenvalue weighted by molar-refractivity contribution is 7.91. The summed E-state index contributed by atoms with van der Waals surface area (Å²) in [6.07, 6.45) is 2.03. The quantitative estimate of drug-likeness (QED) is 0.857. The third-order valence-electron chi connectivity index (χ3n) is 3.19. The van der Waals surface area contributed by atoms with E-state index in [1.165, 1.54) is 0 Å². The summed E-state index contributed by atoms with van der Waals surface area (Å²) in [6, 6.07) is 3.59. The minimum atomic E-state index is -3.04. The number of nitrogens with zero attached hydrogens (tertiary/aromatic N) is 1. The van der Waals surface area contributed by atoms with Crippen molar-refractivity contribution in [3.8, 4) is 5.88 Å². The minimum absolute atomic E-state index is 0.0514. The third kappa shape index (κ3) is 3.69. The van der Waals surface area contributed by atoms with Gasteiger partial charge in [-0.25, -0.2) is 13.4 Å². The zero-order valence-electron chi connectivity index (χ0n) is 11.3. The van der Waals surface area contributed by atoms with E-state index >= 15 is 0 Å². The number of hydrogen-bond acceptors (Lipinski definition) is 5. The number of rotatable bonds is 5. The molecule has 1 N–H and O–H groups in total. The van der Waals surface area contributed by atoms with Crippen LogP contribution in [0.5, 0.6) is 5.88 Å². The number of aromatic nitrogens is 1. The normalized spacial score (nSPS) is 20.6. The largest absolute Gasteiger partial charge is 0.478 e. The van der Waals surface area contributed by atoms with Gasteiger partial charge in [0.05, 0.1) is 24.0 Å². The van der Waals surface area contributed by atoms with Crippen LogP contribution in [0.4, 0.5) is 0 Å². The van der Waals surface area contributed by atoms with Gasteiger partial charge >= 0.3 is 0 Å². The average molecular weight is 298 g/mol. The Labute approximate surface area is 118 Å². The van der Waals surface area contributed by atoms with Crippen molar-refractivity contribution in [2.24, 2.45) is 5.92 Å². The summed E-state index contributed by atoms with van der Waals surface area (Å²) in [6.45, 7) is 2.65. The Morgan fingerprint density at radius 1 is 1.55 bits per heavy atom. The smallest absolute Gasteiger partial charge is 0.224 e. The second kappa shape index (κ2) is 6.21. The molecule has 1 unspecified atom stereocenters. The van der Waals surface area contributed by atoms with Crippen LogP contribution < -0.4 is 10.1 Å². The molecular weight excluding hydrogens is 280 g/mol. The van der Waals surface area contributed by atoms with Crippen LogP contribution in [-0.4, -0.2) is 37.4 Å². The van der Waals surface area contributed by atoms with E-state index in [-0.39, 0.29) is 17.4 Å². The fourth-order valence-electron chi connectivity index (χ4n) is 2.15. The van der Waals surface area contributed by atoms with Crippen molar-refractivity contribution in [3.63, 3.8) is 0 Å². The molecule has 1 aliphatic rings. The Balaban J connectivity index is 1.94. The van der Waals surface area contributed by atoms with Gasteiger partial charge in [0.15, 0.2) is 9.84 Å². The molecule has 1 atom stereocenters. The standard InChI is InChI=1S/C13H18N2O4S/c1-2-19-13-10(4-3-6-14-13)8-15-12(16)11-5-7-20(17,18)9-11/h3-4,6,11H,2,5,7-9H2,1H3,(H,15,16). The number of amides is 1. The Morgan fingerprint density at radius 3 is 3.00 bits per heavy atom. The second-order valence-corrected chi connectivity index (χ2v) is 6.95. The van der Waals surface area contributed by atoms with Gasteiger partial charge in [-0.05, 0) is 19.4 Å². The van der Waals surface area contributed by atoms with E-state index in [4.69, 9.17) is 4.74 Å². The van der Waals surface area contributed by atoms with Gasteiger partial charge < -0.3 is 10.1 Å². The fraction of sp³-hybridized carbons (Fsp3) is 0.538. The van der Waals surface area contributed by atoms with E-state index in [2.05, 4.69) is 10.3 Å². The molecule has 0 bridgehead atoms. The number of carbonyl (C=O) groups is 1. The molecule has 1 fully saturated rings. The molecule has 6 nitrogen and oxygen atoms in total. The van der Waals surface area contributed by atoms with Gasteiger partial charge in [0, 0.05) is 18.3 Å². The molecule has 1 aromatic heterocycles. The van der Waals surface area contributed by atoms with E-state index in [1.54, 1.807) is 12.3 Å². The van der Waals surface area contributed by atoms with E-state index in [0.717, 1.165) is 5.56 Å². The van der Waals surface area contributed by atoms with Crippen molar-refractivity contribution in [3.05, 3.63) is 23.9 Å². The van der Waals surface area contributed by atoms with Crippen LogP contribution >= 0.6 is 0 Å². The zero-order valence-corrected chi connectivity index (χ0v) is 12.1. The van der Waals surface area contributed by atoms with Gasteiger partial charge in [-0.1, -0.05) is 6.07 Å². The Hall–Kier alpha value is -1.63. The van der Waals surface area contributed by atoms with Crippen molar-refractivity contribution < 1.29 is 17.9 Å². The van der Waals surface area contributed by atoms with E-state index in [9.17, 15) is 13.2 Å². The lowest BCUT2D eigenvalue weighted by molar-refractivity contribution is -0.124. The molecule has 1 aliphatic heterocycles. The molecule has 1 saturated heterocycles. The molecule has 0 aliphatic carbocycles. The lowest BCUT2D eigenvalue weighted by Gasteiger charge is -2.12. The molecule has 2 rings (SSSR count). The highest BCUT2D eigenvalue weighted by atomic mass is 32.2. The minimum Gasteiger partial charge on any atom is -0.478 e. The number of carbonyl (C=O) groups excluding carboxylic acids is 1. The monoisotopic (exact) mass is 298 g/mol. The summed E-state index contributed by atoms with van der Waals surface area (Å²) in [5, 5.41) is 2.75. The maximum atomic E-state index is 11.9. The molecular formula is C13H18N2O4S. The van der Waals surface area contributed by atoms with Crippen molar-refractivity contribution in [1.82, 2.24) is 10.3 Å². The molecule has 0 spiro atoms. The van der Waals surface area contributed by atoms with Gasteiger partial charge in [-0.15, -0.1) is 0 Å². The van der Waals surface area contributed by atoms with Crippen LogP contribution in [0.3, 0.4) is 0 Å². The lowest BCUT2D eigenvalue weighted by atomic mass is 10.1. The van der Waals surface area contributed by atoms with Gasteiger partial charge in [-0.2, -0.15) is 0 Å². The van der Waals surface area contributed by atoms with Gasteiger partial charge in [0.2, 0.25) is 11.8 Å². The first kappa shape index (κ1) is 14.8. The predicted molar refractivity (Wildman–Crippen MR) is 74.0 cm³/mol. The predicted octanol–water partition coefficient (Wildman–Crippen LogP) is 0.531. The molecule has 7 heteroatoms. The van der Waals surface area contributed by atoms with Crippen molar-refractivity contribution in [2.75, 3.05) is 18.1 Å². The summed E-state index contributed by atoms with van der Waals surface area (Å²) >= 11 is 0. The molecule has 0 saturated carbocycles. The van der Waals surface area contributed by atoms with E-state index < -0.39 is 15.8 Å². The summed E-state index contributed by atoms with van der Waals surface area (Å²) in [5.41, 5.74) is 0.781. The summed E-state index contributed by atoms with van der Waals surface area (Å²) in [5.74, 6) is -0.120. The molecule has 1 aromatic rings. The average Bonchev–Trinajstić information content (AvgIpc) is 2.78. The van der Waals surface area contributed by atoms with Crippen LogP contribution in [-0.2, 0) is 21.2 Å². The topological polar surface area (TPSA) is 85.4 Å². The number of hydrogen-bond donors (Lipinski definition) is 1. The molecule has 20 heavy (non-hydrogen) atoms. The first-order valence-electron chi connectivity index (χ1n) is 6.56. The number of nitrogens with one attached hydrogen (secondary N) is 1. The maximum absolute atomic E-state index is 11.9. The molecule has 1 amide bonds. The van der Waals surface area contributed by atoms with Gasteiger partial charge in [0.25, 0.3) is 0 Å². The molecule has 0 radical (unpaired) electrons. The third-order valence-corrected chi connectivity index (χ3v) is 4.96. The lowest BCUT2D eigenvalue weighted by Crippen LogP contribution is -2.31. The Kier molecular flexibility index (Phi) is 4.59. The number of sulfone groups is 1. The van der Waals surface area contributed by atoms with Crippen LogP contribution in [0.15, 0.2) is 18.3 Å². The SMILES string of the molecule is CCOc1ncccc1CNC(=O)C1CCS(=O)(=O)C1. The molecule has 110 valence electrons. The summed E-state index contributed by atoms with van der Waals surface area (Å²) < 4.78 is 28.1. The van der Waals surface area contributed by atoms with Crippen LogP contribution in [0.25, 0.3) is 0 Å². The van der Waals surface area contributed by atoms with Gasteiger partial charge in [-0.3, -0.25) is 4.79 Å². The van der Waals surface area contributed by atoms with Crippen LogP contribution in [0.1, 0.15) is 18.9 Å². The first-order chi connectivity index (χ1) is 9.52. The zero-order chi connectivity index (χ0) is 14.6. The van der Waals surface area contributed by atoms with Gasteiger partial charge in [0.1, 0.15) is 0 Å².